The van der Waals surface area contributed by atoms with Crippen molar-refractivity contribution in [2.45, 2.75) is 13.8 Å². The van der Waals surface area contributed by atoms with Crippen LogP contribution in [0.5, 0.6) is 17.2 Å². The minimum absolute atomic E-state index is 0.544. The minimum atomic E-state index is 0.544. The Morgan fingerprint density at radius 1 is 1.17 bits per heavy atom. The van der Waals surface area contributed by atoms with Gasteiger partial charge in [-0.2, -0.15) is 0 Å². The highest BCUT2D eigenvalue weighted by Gasteiger charge is 2.13. The third-order valence-electron chi connectivity index (χ3n) is 2.65. The van der Waals surface area contributed by atoms with Crippen molar-refractivity contribution in [2.24, 2.45) is 4.99 Å². The first-order chi connectivity index (χ1) is 8.60. The molecule has 4 nitrogen and oxygen atoms in total. The second-order valence-corrected chi connectivity index (χ2v) is 3.64. The van der Waals surface area contributed by atoms with Crippen LogP contribution in [-0.4, -0.2) is 27.5 Å². The molecule has 0 spiro atoms. The van der Waals surface area contributed by atoms with Crippen LogP contribution in [0.1, 0.15) is 13.8 Å². The lowest BCUT2D eigenvalue weighted by Gasteiger charge is -2.13. The largest absolute Gasteiger partial charge is 0.493 e. The Morgan fingerprint density at radius 3 is 2.22 bits per heavy atom. The van der Waals surface area contributed by atoms with Gasteiger partial charge < -0.3 is 14.2 Å². The molecule has 1 aromatic carbocycles. The second-order valence-electron chi connectivity index (χ2n) is 3.64. The highest BCUT2D eigenvalue weighted by Crippen LogP contribution is 2.32. The Hall–Kier alpha value is -1.97. The predicted octanol–water partition coefficient (Wildman–Crippen LogP) is 1.34. The molecule has 0 fully saturated rings. The van der Waals surface area contributed by atoms with Crippen molar-refractivity contribution in [1.29, 1.82) is 0 Å². The molecule has 98 valence electrons. The molecular formula is C14H19NO3. The Kier molecular flexibility index (Phi) is 4.77. The van der Waals surface area contributed by atoms with Crippen LogP contribution in [0, 0.1) is 0 Å². The maximum Gasteiger partial charge on any atom is 0.203 e. The Labute approximate surface area is 107 Å². The molecule has 0 unspecified atom stereocenters. The summed E-state index contributed by atoms with van der Waals surface area (Å²) >= 11 is 0. The summed E-state index contributed by atoms with van der Waals surface area (Å²) in [6, 6.07) is 1.85. The van der Waals surface area contributed by atoms with Gasteiger partial charge in [-0.25, -0.2) is 0 Å². The van der Waals surface area contributed by atoms with E-state index in [9.17, 15) is 0 Å². The highest BCUT2D eigenvalue weighted by molar-refractivity contribution is 5.64. The summed E-state index contributed by atoms with van der Waals surface area (Å²) in [7, 11) is 4.73. The highest BCUT2D eigenvalue weighted by atomic mass is 16.5. The topological polar surface area (TPSA) is 40.0 Å². The van der Waals surface area contributed by atoms with Crippen LogP contribution in [0.25, 0.3) is 12.3 Å². The predicted molar refractivity (Wildman–Crippen MR) is 74.1 cm³/mol. The lowest BCUT2D eigenvalue weighted by Crippen LogP contribution is -2.27. The number of ether oxygens (including phenoxy) is 3. The average Bonchev–Trinajstić information content (AvgIpc) is 2.38. The summed E-state index contributed by atoms with van der Waals surface area (Å²) in [5.41, 5.74) is 0.849. The van der Waals surface area contributed by atoms with Crippen molar-refractivity contribution >= 4 is 18.5 Å². The molecule has 4 heteroatoms. The van der Waals surface area contributed by atoms with Crippen LogP contribution in [0.2, 0.25) is 0 Å². The molecule has 0 amide bonds. The van der Waals surface area contributed by atoms with E-state index in [2.05, 4.69) is 11.6 Å². The van der Waals surface area contributed by atoms with Gasteiger partial charge in [0.15, 0.2) is 11.5 Å². The average molecular weight is 249 g/mol. The van der Waals surface area contributed by atoms with Gasteiger partial charge in [0.25, 0.3) is 0 Å². The second kappa shape index (κ2) is 6.10. The van der Waals surface area contributed by atoms with Crippen LogP contribution in [0.15, 0.2) is 11.1 Å². The van der Waals surface area contributed by atoms with E-state index in [0.717, 1.165) is 16.1 Å². The van der Waals surface area contributed by atoms with Crippen LogP contribution in [-0.2, 0) is 0 Å². The fraction of sp³-hybridized carbons (Fsp3) is 0.357. The van der Waals surface area contributed by atoms with Crippen molar-refractivity contribution in [1.82, 2.24) is 0 Å². The zero-order valence-corrected chi connectivity index (χ0v) is 11.5. The molecule has 0 saturated carbocycles. The fourth-order valence-corrected chi connectivity index (χ4v) is 1.80. The van der Waals surface area contributed by atoms with Gasteiger partial charge in [-0.3, -0.25) is 4.99 Å². The molecule has 0 aromatic heterocycles. The molecule has 0 heterocycles. The van der Waals surface area contributed by atoms with E-state index in [0.29, 0.717) is 17.2 Å². The van der Waals surface area contributed by atoms with Crippen molar-refractivity contribution in [2.75, 3.05) is 21.3 Å². The number of rotatable bonds is 4. The molecule has 0 aliphatic carbocycles. The monoisotopic (exact) mass is 249 g/mol. The molecule has 0 radical (unpaired) electrons. The van der Waals surface area contributed by atoms with Gasteiger partial charge in [0, 0.05) is 22.3 Å². The lowest BCUT2D eigenvalue weighted by atomic mass is 10.1. The standard InChI is InChI=1S/C14H19NO3/c1-7-15-10(3)11-8-12(16-4)14(18-6)13(17-5)9(11)2/h7-8H,2H2,1,3-6H3/b11-10-,15-7?. The van der Waals surface area contributed by atoms with E-state index >= 15 is 0 Å². The molecule has 0 N–H and O–H groups in total. The van der Waals surface area contributed by atoms with Crippen molar-refractivity contribution < 1.29 is 14.2 Å². The van der Waals surface area contributed by atoms with Gasteiger partial charge in [0.1, 0.15) is 0 Å². The minimum Gasteiger partial charge on any atom is -0.493 e. The third-order valence-corrected chi connectivity index (χ3v) is 2.65. The molecule has 0 bridgehead atoms. The first-order valence-corrected chi connectivity index (χ1v) is 5.58. The molecule has 1 aromatic rings. The molecule has 0 atom stereocenters. The normalized spacial score (nSPS) is 12.5. The summed E-state index contributed by atoms with van der Waals surface area (Å²) in [5.74, 6) is 1.71. The molecule has 18 heavy (non-hydrogen) atoms. The Balaban J connectivity index is 3.79. The Bertz CT molecular complexity index is 561. The Morgan fingerprint density at radius 2 is 1.78 bits per heavy atom. The summed E-state index contributed by atoms with van der Waals surface area (Å²) in [4.78, 5) is 4.26. The van der Waals surface area contributed by atoms with Gasteiger partial charge in [-0.15, -0.1) is 0 Å². The number of benzene rings is 1. The summed E-state index contributed by atoms with van der Waals surface area (Å²) in [6.45, 7) is 7.80. The molecule has 0 aliphatic rings. The zero-order valence-electron chi connectivity index (χ0n) is 11.5. The summed E-state index contributed by atoms with van der Waals surface area (Å²) in [5, 5.41) is 1.61. The first kappa shape index (κ1) is 14.1. The van der Waals surface area contributed by atoms with Crippen LogP contribution < -0.4 is 24.6 Å². The molecule has 0 saturated heterocycles. The van der Waals surface area contributed by atoms with Crippen molar-refractivity contribution in [3.05, 3.63) is 16.5 Å². The van der Waals surface area contributed by atoms with Gasteiger partial charge in [-0.05, 0) is 19.9 Å². The maximum absolute atomic E-state index is 5.35. The zero-order chi connectivity index (χ0) is 13.7. The molecule has 1 rings (SSSR count). The van der Waals surface area contributed by atoms with Crippen LogP contribution in [0.4, 0.5) is 0 Å². The number of nitrogens with zero attached hydrogens (tertiary/aromatic N) is 1. The number of hydrogen-bond donors (Lipinski definition) is 0. The van der Waals surface area contributed by atoms with Gasteiger partial charge in [0.05, 0.1) is 21.3 Å². The number of aliphatic imine (C=N–C) groups is 1. The van der Waals surface area contributed by atoms with Crippen molar-refractivity contribution in [3.63, 3.8) is 0 Å². The summed E-state index contributed by atoms with van der Waals surface area (Å²) in [6.07, 6.45) is 1.73. The molecular weight excluding hydrogens is 230 g/mol. The smallest absolute Gasteiger partial charge is 0.203 e. The van der Waals surface area contributed by atoms with E-state index in [-0.39, 0.29) is 0 Å². The molecule has 0 aliphatic heterocycles. The van der Waals surface area contributed by atoms with E-state index in [1.807, 2.05) is 19.9 Å². The van der Waals surface area contributed by atoms with E-state index in [4.69, 9.17) is 14.2 Å². The SMILES string of the molecule is C=c1c(OC)c(OC)c(OC)c/c1=C(\C)N=CC. The quantitative estimate of drug-likeness (QED) is 0.756. The summed E-state index contributed by atoms with van der Waals surface area (Å²) < 4.78 is 15.9. The van der Waals surface area contributed by atoms with Gasteiger partial charge >= 0.3 is 0 Å². The maximum atomic E-state index is 5.35. The fourth-order valence-electron chi connectivity index (χ4n) is 1.80. The van der Waals surface area contributed by atoms with Crippen LogP contribution >= 0.6 is 0 Å². The van der Waals surface area contributed by atoms with E-state index in [1.54, 1.807) is 27.5 Å². The lowest BCUT2D eigenvalue weighted by molar-refractivity contribution is 0.322. The number of methoxy groups -OCH3 is 3. The first-order valence-electron chi connectivity index (χ1n) is 5.58. The van der Waals surface area contributed by atoms with E-state index < -0.39 is 0 Å². The third kappa shape index (κ3) is 2.47. The van der Waals surface area contributed by atoms with Crippen LogP contribution in [0.3, 0.4) is 0 Å². The van der Waals surface area contributed by atoms with Crippen molar-refractivity contribution in [3.8, 4) is 17.2 Å². The van der Waals surface area contributed by atoms with Gasteiger partial charge in [0.2, 0.25) is 5.75 Å². The van der Waals surface area contributed by atoms with E-state index in [1.165, 1.54) is 0 Å². The van der Waals surface area contributed by atoms with Gasteiger partial charge in [-0.1, -0.05) is 6.58 Å². The number of hydrogen-bond acceptors (Lipinski definition) is 4.